The third kappa shape index (κ3) is 2.71. The maximum Gasteiger partial charge on any atom is 0.0501 e. The van der Waals surface area contributed by atoms with Crippen molar-refractivity contribution in [3.8, 4) is 0 Å². The van der Waals surface area contributed by atoms with Crippen LogP contribution in [0, 0.1) is 0 Å². The quantitative estimate of drug-likeness (QED) is 0.728. The Morgan fingerprint density at radius 1 is 1.16 bits per heavy atom. The summed E-state index contributed by atoms with van der Waals surface area (Å²) in [5.74, 6) is 0. The molecule has 0 saturated carbocycles. The van der Waals surface area contributed by atoms with E-state index < -0.39 is 0 Å². The Balaban J connectivity index is 1.89. The Kier molecular flexibility index (Phi) is 3.65. The number of halogens is 1. The van der Waals surface area contributed by atoms with Crippen LogP contribution in [-0.4, -0.2) is 13.1 Å². The van der Waals surface area contributed by atoms with E-state index >= 15 is 0 Å². The molecule has 19 heavy (non-hydrogen) atoms. The molecular formula is C17H20ClN. The van der Waals surface area contributed by atoms with E-state index in [0.29, 0.717) is 0 Å². The van der Waals surface area contributed by atoms with Crippen molar-refractivity contribution in [2.24, 2.45) is 0 Å². The Morgan fingerprint density at radius 3 is 2.63 bits per heavy atom. The summed E-state index contributed by atoms with van der Waals surface area (Å²) in [7, 11) is 0. The molecule has 0 unspecified atom stereocenters. The molecule has 2 heteroatoms. The predicted molar refractivity (Wildman–Crippen MR) is 83.9 cm³/mol. The molecule has 2 aliphatic rings. The molecule has 0 aromatic heterocycles. The van der Waals surface area contributed by atoms with E-state index in [1.165, 1.54) is 48.3 Å². The largest absolute Gasteiger partial charge is 0.371 e. The lowest BCUT2D eigenvalue weighted by atomic mass is 9.94. The summed E-state index contributed by atoms with van der Waals surface area (Å²) in [5.41, 5.74) is 5.20. The highest BCUT2D eigenvalue weighted by Gasteiger charge is 2.15. The molecule has 1 aromatic carbocycles. The van der Waals surface area contributed by atoms with Crippen molar-refractivity contribution >= 4 is 22.9 Å². The summed E-state index contributed by atoms with van der Waals surface area (Å²) in [6.07, 6.45) is 9.38. The zero-order chi connectivity index (χ0) is 13.2. The highest BCUT2D eigenvalue weighted by atomic mass is 35.5. The van der Waals surface area contributed by atoms with E-state index in [-0.39, 0.29) is 0 Å². The van der Waals surface area contributed by atoms with Gasteiger partial charge in [0.15, 0.2) is 0 Å². The SMILES string of the molecule is CC1=CCCC(c2ccc(N3CCCC3)cc2Cl)=C1. The minimum absolute atomic E-state index is 0.894. The zero-order valence-corrected chi connectivity index (χ0v) is 12.2. The number of hydrogen-bond acceptors (Lipinski definition) is 1. The molecular weight excluding hydrogens is 254 g/mol. The number of benzene rings is 1. The predicted octanol–water partition coefficient (Wildman–Crippen LogP) is 5.06. The molecule has 0 atom stereocenters. The van der Waals surface area contributed by atoms with E-state index in [9.17, 15) is 0 Å². The van der Waals surface area contributed by atoms with Gasteiger partial charge in [0.2, 0.25) is 0 Å². The average molecular weight is 274 g/mol. The summed E-state index contributed by atoms with van der Waals surface area (Å²) < 4.78 is 0. The van der Waals surface area contributed by atoms with Gasteiger partial charge in [0, 0.05) is 18.8 Å². The summed E-state index contributed by atoms with van der Waals surface area (Å²) in [5, 5.41) is 0.894. The first-order valence-corrected chi connectivity index (χ1v) is 7.54. The third-order valence-corrected chi connectivity index (χ3v) is 4.36. The Labute approximate surface area is 120 Å². The van der Waals surface area contributed by atoms with Crippen molar-refractivity contribution < 1.29 is 0 Å². The molecule has 1 fully saturated rings. The molecule has 0 bridgehead atoms. The topological polar surface area (TPSA) is 3.24 Å². The molecule has 1 aliphatic heterocycles. The lowest BCUT2D eigenvalue weighted by Gasteiger charge is -2.20. The number of rotatable bonds is 2. The molecule has 0 N–H and O–H groups in total. The second-order valence-corrected chi connectivity index (χ2v) is 5.92. The molecule has 100 valence electrons. The number of hydrogen-bond donors (Lipinski definition) is 0. The minimum atomic E-state index is 0.894. The smallest absolute Gasteiger partial charge is 0.0501 e. The van der Waals surface area contributed by atoms with E-state index in [2.05, 4.69) is 42.2 Å². The van der Waals surface area contributed by atoms with Crippen LogP contribution in [0.5, 0.6) is 0 Å². The van der Waals surface area contributed by atoms with Gasteiger partial charge in [0.25, 0.3) is 0 Å². The fourth-order valence-corrected chi connectivity index (χ4v) is 3.31. The van der Waals surface area contributed by atoms with Gasteiger partial charge in [-0.25, -0.2) is 0 Å². The first kappa shape index (κ1) is 12.8. The summed E-state index contributed by atoms with van der Waals surface area (Å²) >= 11 is 6.50. The van der Waals surface area contributed by atoms with Crippen molar-refractivity contribution in [1.82, 2.24) is 0 Å². The lowest BCUT2D eigenvalue weighted by Crippen LogP contribution is -2.17. The Morgan fingerprint density at radius 2 is 1.95 bits per heavy atom. The highest BCUT2D eigenvalue weighted by molar-refractivity contribution is 6.32. The molecule has 1 aromatic rings. The molecule has 1 nitrogen and oxygen atoms in total. The third-order valence-electron chi connectivity index (χ3n) is 4.05. The van der Waals surface area contributed by atoms with Crippen LogP contribution >= 0.6 is 11.6 Å². The van der Waals surface area contributed by atoms with Crippen molar-refractivity contribution in [2.45, 2.75) is 32.6 Å². The minimum Gasteiger partial charge on any atom is -0.371 e. The normalized spacial score (nSPS) is 19.4. The molecule has 0 amide bonds. The molecule has 0 spiro atoms. The first-order valence-electron chi connectivity index (χ1n) is 7.16. The van der Waals surface area contributed by atoms with E-state index in [4.69, 9.17) is 11.6 Å². The van der Waals surface area contributed by atoms with Crippen molar-refractivity contribution in [3.05, 3.63) is 46.5 Å². The van der Waals surface area contributed by atoms with Gasteiger partial charge in [-0.3, -0.25) is 0 Å². The van der Waals surface area contributed by atoms with Crippen LogP contribution in [0.2, 0.25) is 5.02 Å². The van der Waals surface area contributed by atoms with Crippen molar-refractivity contribution in [2.75, 3.05) is 18.0 Å². The highest BCUT2D eigenvalue weighted by Crippen LogP contribution is 2.34. The van der Waals surface area contributed by atoms with Crippen LogP contribution in [0.4, 0.5) is 5.69 Å². The molecule has 0 radical (unpaired) electrons. The molecule has 3 rings (SSSR count). The van der Waals surface area contributed by atoms with Gasteiger partial charge < -0.3 is 4.90 Å². The molecule has 1 heterocycles. The summed E-state index contributed by atoms with van der Waals surface area (Å²) in [4.78, 5) is 2.43. The van der Waals surface area contributed by atoms with Gasteiger partial charge in [-0.1, -0.05) is 35.4 Å². The number of nitrogens with zero attached hydrogens (tertiary/aromatic N) is 1. The number of allylic oxidation sites excluding steroid dienone is 4. The lowest BCUT2D eigenvalue weighted by molar-refractivity contribution is 0.949. The molecule has 1 aliphatic carbocycles. The maximum absolute atomic E-state index is 6.50. The second-order valence-electron chi connectivity index (χ2n) is 5.51. The van der Waals surface area contributed by atoms with Gasteiger partial charge in [-0.15, -0.1) is 0 Å². The molecule has 1 saturated heterocycles. The fourth-order valence-electron chi connectivity index (χ4n) is 3.01. The summed E-state index contributed by atoms with van der Waals surface area (Å²) in [6, 6.07) is 6.55. The fraction of sp³-hybridized carbons (Fsp3) is 0.412. The zero-order valence-electron chi connectivity index (χ0n) is 11.5. The standard InChI is InChI=1S/C17H20ClN/c1-13-5-4-6-14(11-13)16-8-7-15(12-17(16)18)19-9-2-3-10-19/h5,7-8,11-12H,2-4,6,9-10H2,1H3. The van der Waals surface area contributed by atoms with Gasteiger partial charge in [-0.2, -0.15) is 0 Å². The van der Waals surface area contributed by atoms with Gasteiger partial charge in [0.1, 0.15) is 0 Å². The van der Waals surface area contributed by atoms with Crippen LogP contribution in [0.1, 0.15) is 38.2 Å². The Bertz CT molecular complexity index is 536. The first-order chi connectivity index (χ1) is 9.24. The van der Waals surface area contributed by atoms with Crippen LogP contribution in [-0.2, 0) is 0 Å². The second kappa shape index (κ2) is 5.42. The Hall–Kier alpha value is -1.21. The average Bonchev–Trinajstić information content (AvgIpc) is 2.92. The monoisotopic (exact) mass is 273 g/mol. The van der Waals surface area contributed by atoms with Gasteiger partial charge in [-0.05, 0) is 55.9 Å². The van der Waals surface area contributed by atoms with Crippen molar-refractivity contribution in [1.29, 1.82) is 0 Å². The van der Waals surface area contributed by atoms with Crippen LogP contribution in [0.25, 0.3) is 5.57 Å². The van der Waals surface area contributed by atoms with Gasteiger partial charge >= 0.3 is 0 Å². The van der Waals surface area contributed by atoms with Gasteiger partial charge in [0.05, 0.1) is 5.02 Å². The van der Waals surface area contributed by atoms with Crippen LogP contribution in [0.3, 0.4) is 0 Å². The van der Waals surface area contributed by atoms with Crippen LogP contribution < -0.4 is 4.90 Å². The maximum atomic E-state index is 6.50. The van der Waals surface area contributed by atoms with E-state index in [0.717, 1.165) is 17.9 Å². The summed E-state index contributed by atoms with van der Waals surface area (Å²) in [6.45, 7) is 4.49. The van der Waals surface area contributed by atoms with Crippen LogP contribution in [0.15, 0.2) is 35.9 Å². The van der Waals surface area contributed by atoms with E-state index in [1.54, 1.807) is 0 Å². The van der Waals surface area contributed by atoms with Crippen molar-refractivity contribution in [3.63, 3.8) is 0 Å². The van der Waals surface area contributed by atoms with E-state index in [1.807, 2.05) is 0 Å². The number of anilines is 1.